The quantitative estimate of drug-likeness (QED) is 0.766. The molecule has 0 spiro atoms. The van der Waals surface area contributed by atoms with Crippen molar-refractivity contribution in [2.45, 2.75) is 13.1 Å². The molecule has 0 aliphatic heterocycles. The molecule has 0 saturated carbocycles. The normalized spacial score (nSPS) is 11.1. The van der Waals surface area contributed by atoms with Crippen molar-refractivity contribution in [1.82, 2.24) is 10.3 Å². The van der Waals surface area contributed by atoms with Crippen LogP contribution in [0.5, 0.6) is 0 Å². The fourth-order valence-corrected chi connectivity index (χ4v) is 2.64. The van der Waals surface area contributed by atoms with E-state index in [0.717, 1.165) is 29.2 Å². The summed E-state index contributed by atoms with van der Waals surface area (Å²) >= 11 is 1.74. The molecule has 17 heavy (non-hydrogen) atoms. The molecule has 0 atom stereocenters. The summed E-state index contributed by atoms with van der Waals surface area (Å²) in [7, 11) is 0. The van der Waals surface area contributed by atoms with Crippen LogP contribution in [0.4, 0.5) is 0 Å². The second-order valence-corrected chi connectivity index (χ2v) is 4.93. The lowest BCUT2D eigenvalue weighted by Crippen LogP contribution is -2.11. The van der Waals surface area contributed by atoms with Crippen LogP contribution in [0.15, 0.2) is 47.3 Å². The number of hydrogen-bond donors (Lipinski definition) is 1. The van der Waals surface area contributed by atoms with Gasteiger partial charge in [0.1, 0.15) is 5.01 Å². The third-order valence-electron chi connectivity index (χ3n) is 2.52. The van der Waals surface area contributed by atoms with Crippen molar-refractivity contribution in [3.05, 3.63) is 53.4 Å². The fraction of sp³-hybridized carbons (Fsp3) is 0.154. The number of benzene rings is 1. The summed E-state index contributed by atoms with van der Waals surface area (Å²) in [4.78, 5) is 4.56. The average molecular weight is 244 g/mol. The van der Waals surface area contributed by atoms with Crippen LogP contribution in [0.2, 0.25) is 0 Å². The molecule has 2 heterocycles. The van der Waals surface area contributed by atoms with Crippen molar-refractivity contribution in [2.75, 3.05) is 0 Å². The Bertz CT molecular complexity index is 568. The lowest BCUT2D eigenvalue weighted by molar-refractivity contribution is 0.560. The molecule has 1 N–H and O–H groups in total. The Kier molecular flexibility index (Phi) is 2.90. The first-order valence-electron chi connectivity index (χ1n) is 5.48. The Morgan fingerprint density at radius 3 is 2.94 bits per heavy atom. The summed E-state index contributed by atoms with van der Waals surface area (Å²) in [6, 6.07) is 10.2. The summed E-state index contributed by atoms with van der Waals surface area (Å²) in [6.07, 6.45) is 3.44. The van der Waals surface area contributed by atoms with E-state index in [1.165, 1.54) is 4.70 Å². The van der Waals surface area contributed by atoms with Crippen LogP contribution in [-0.4, -0.2) is 4.98 Å². The van der Waals surface area contributed by atoms with E-state index in [1.54, 1.807) is 23.9 Å². The predicted octanol–water partition coefficient (Wildman–Crippen LogP) is 3.18. The topological polar surface area (TPSA) is 38.1 Å². The Morgan fingerprint density at radius 2 is 2.12 bits per heavy atom. The standard InChI is InChI=1S/C13H12N2OS/c1-2-4-12-11(3-1)15-13(17-12)8-14-7-10-5-6-16-9-10/h1-6,9,14H,7-8H2. The molecule has 3 nitrogen and oxygen atoms in total. The molecule has 1 aromatic carbocycles. The molecular weight excluding hydrogens is 232 g/mol. The number of rotatable bonds is 4. The number of nitrogens with zero attached hydrogens (tertiary/aromatic N) is 1. The average Bonchev–Trinajstić information content (AvgIpc) is 2.96. The molecule has 2 aromatic heterocycles. The number of thiazole rings is 1. The summed E-state index contributed by atoms with van der Waals surface area (Å²) in [5, 5.41) is 4.47. The highest BCUT2D eigenvalue weighted by atomic mass is 32.1. The third-order valence-corrected chi connectivity index (χ3v) is 3.56. The van der Waals surface area contributed by atoms with E-state index in [-0.39, 0.29) is 0 Å². The van der Waals surface area contributed by atoms with Gasteiger partial charge in [0.05, 0.1) is 22.7 Å². The highest BCUT2D eigenvalue weighted by Gasteiger charge is 2.02. The fourth-order valence-electron chi connectivity index (χ4n) is 1.70. The molecule has 0 aliphatic carbocycles. The van der Waals surface area contributed by atoms with Crippen LogP contribution >= 0.6 is 11.3 Å². The Morgan fingerprint density at radius 1 is 1.18 bits per heavy atom. The van der Waals surface area contributed by atoms with E-state index in [9.17, 15) is 0 Å². The molecule has 0 unspecified atom stereocenters. The summed E-state index contributed by atoms with van der Waals surface area (Å²) in [5.41, 5.74) is 2.24. The molecule has 3 rings (SSSR count). The van der Waals surface area contributed by atoms with Gasteiger partial charge in [-0.3, -0.25) is 0 Å². The molecule has 0 bridgehead atoms. The van der Waals surface area contributed by atoms with Crippen molar-refractivity contribution in [1.29, 1.82) is 0 Å². The molecular formula is C13H12N2OS. The van der Waals surface area contributed by atoms with E-state index in [1.807, 2.05) is 24.3 Å². The van der Waals surface area contributed by atoms with Gasteiger partial charge in [0.2, 0.25) is 0 Å². The van der Waals surface area contributed by atoms with Crippen LogP contribution in [0, 0.1) is 0 Å². The number of para-hydroxylation sites is 1. The number of hydrogen-bond acceptors (Lipinski definition) is 4. The maximum absolute atomic E-state index is 5.01. The molecule has 0 fully saturated rings. The second-order valence-electron chi connectivity index (χ2n) is 3.81. The van der Waals surface area contributed by atoms with Crippen molar-refractivity contribution in [3.8, 4) is 0 Å². The van der Waals surface area contributed by atoms with E-state index in [2.05, 4.69) is 16.4 Å². The van der Waals surface area contributed by atoms with Gasteiger partial charge >= 0.3 is 0 Å². The zero-order valence-electron chi connectivity index (χ0n) is 9.22. The van der Waals surface area contributed by atoms with Crippen LogP contribution in [-0.2, 0) is 13.1 Å². The first kappa shape index (κ1) is 10.5. The van der Waals surface area contributed by atoms with Gasteiger partial charge in [0, 0.05) is 18.7 Å². The van der Waals surface area contributed by atoms with Gasteiger partial charge < -0.3 is 9.73 Å². The molecule has 3 aromatic rings. The van der Waals surface area contributed by atoms with E-state index in [4.69, 9.17) is 4.42 Å². The highest BCUT2D eigenvalue weighted by Crippen LogP contribution is 2.21. The molecule has 86 valence electrons. The number of aromatic nitrogens is 1. The van der Waals surface area contributed by atoms with Crippen molar-refractivity contribution >= 4 is 21.6 Å². The van der Waals surface area contributed by atoms with E-state index < -0.39 is 0 Å². The molecule has 4 heteroatoms. The lowest BCUT2D eigenvalue weighted by atomic mass is 10.3. The van der Waals surface area contributed by atoms with Crippen molar-refractivity contribution in [3.63, 3.8) is 0 Å². The number of fused-ring (bicyclic) bond motifs is 1. The van der Waals surface area contributed by atoms with Crippen molar-refractivity contribution < 1.29 is 4.42 Å². The van der Waals surface area contributed by atoms with E-state index in [0.29, 0.717) is 0 Å². The Balaban J connectivity index is 1.65. The monoisotopic (exact) mass is 244 g/mol. The minimum absolute atomic E-state index is 0.796. The lowest BCUT2D eigenvalue weighted by Gasteiger charge is -1.98. The Labute approximate surface area is 103 Å². The number of nitrogens with one attached hydrogen (secondary N) is 1. The smallest absolute Gasteiger partial charge is 0.108 e. The van der Waals surface area contributed by atoms with Gasteiger partial charge in [-0.15, -0.1) is 11.3 Å². The van der Waals surface area contributed by atoms with E-state index >= 15 is 0 Å². The molecule has 0 radical (unpaired) electrons. The van der Waals surface area contributed by atoms with Crippen LogP contribution < -0.4 is 5.32 Å². The Hall–Kier alpha value is -1.65. The van der Waals surface area contributed by atoms with Crippen molar-refractivity contribution in [2.24, 2.45) is 0 Å². The summed E-state index contributed by atoms with van der Waals surface area (Å²) in [6.45, 7) is 1.61. The van der Waals surface area contributed by atoms with Gasteiger partial charge in [-0.2, -0.15) is 0 Å². The first-order valence-corrected chi connectivity index (χ1v) is 6.30. The summed E-state index contributed by atoms with van der Waals surface area (Å²) < 4.78 is 6.26. The minimum Gasteiger partial charge on any atom is -0.472 e. The third kappa shape index (κ3) is 2.38. The summed E-state index contributed by atoms with van der Waals surface area (Å²) in [5.74, 6) is 0. The SMILES string of the molecule is c1ccc2sc(CNCc3ccoc3)nc2c1. The first-order chi connectivity index (χ1) is 8.42. The van der Waals surface area contributed by atoms with Crippen LogP contribution in [0.1, 0.15) is 10.6 Å². The molecule has 0 aliphatic rings. The zero-order chi connectivity index (χ0) is 11.5. The number of furan rings is 1. The molecule has 0 amide bonds. The van der Waals surface area contributed by atoms with Crippen LogP contribution in [0.3, 0.4) is 0 Å². The van der Waals surface area contributed by atoms with Gasteiger partial charge in [-0.05, 0) is 18.2 Å². The second kappa shape index (κ2) is 4.69. The highest BCUT2D eigenvalue weighted by molar-refractivity contribution is 7.18. The van der Waals surface area contributed by atoms with Crippen LogP contribution in [0.25, 0.3) is 10.2 Å². The van der Waals surface area contributed by atoms with Gasteiger partial charge in [-0.25, -0.2) is 4.98 Å². The van der Waals surface area contributed by atoms with Gasteiger partial charge in [0.25, 0.3) is 0 Å². The minimum atomic E-state index is 0.796. The molecule has 0 saturated heterocycles. The predicted molar refractivity (Wildman–Crippen MR) is 68.9 cm³/mol. The maximum atomic E-state index is 5.01. The van der Waals surface area contributed by atoms with Gasteiger partial charge in [-0.1, -0.05) is 12.1 Å². The largest absolute Gasteiger partial charge is 0.472 e. The zero-order valence-corrected chi connectivity index (χ0v) is 10.0. The van der Waals surface area contributed by atoms with Gasteiger partial charge in [0.15, 0.2) is 0 Å². The maximum Gasteiger partial charge on any atom is 0.108 e.